The molecule has 1 N–H and O–H groups in total. The highest BCUT2D eigenvalue weighted by Crippen LogP contribution is 2.21. The van der Waals surface area contributed by atoms with E-state index in [1.54, 1.807) is 0 Å². The highest BCUT2D eigenvalue weighted by atomic mass is 16.5. The van der Waals surface area contributed by atoms with Gasteiger partial charge in [-0.2, -0.15) is 0 Å². The molecule has 0 aromatic rings. The SMILES string of the molecule is CC(C)C.CC(C)NCC(C)(C)COCC(C)(C)CC=O. The summed E-state index contributed by atoms with van der Waals surface area (Å²) in [7, 11) is 0. The van der Waals surface area contributed by atoms with E-state index in [0.717, 1.165) is 25.4 Å². The second-order valence-electron chi connectivity index (χ2n) is 8.46. The fraction of sp³-hybridized carbons (Fsp3) is 0.944. The van der Waals surface area contributed by atoms with E-state index in [2.05, 4.69) is 67.6 Å². The molecule has 0 amide bonds. The summed E-state index contributed by atoms with van der Waals surface area (Å²) in [5.74, 6) is 0.833. The Morgan fingerprint density at radius 3 is 1.76 bits per heavy atom. The van der Waals surface area contributed by atoms with E-state index in [1.165, 1.54) is 0 Å². The lowest BCUT2D eigenvalue weighted by Crippen LogP contribution is -2.37. The fourth-order valence-electron chi connectivity index (χ4n) is 1.42. The lowest BCUT2D eigenvalue weighted by Gasteiger charge is -2.29. The summed E-state index contributed by atoms with van der Waals surface area (Å²) in [6, 6.07) is 0.501. The number of hydrogen-bond acceptors (Lipinski definition) is 3. The van der Waals surface area contributed by atoms with Crippen LogP contribution in [0.4, 0.5) is 0 Å². The van der Waals surface area contributed by atoms with E-state index in [9.17, 15) is 4.79 Å². The van der Waals surface area contributed by atoms with Crippen LogP contribution in [0.25, 0.3) is 0 Å². The average Bonchev–Trinajstić information content (AvgIpc) is 2.25. The maximum Gasteiger partial charge on any atom is 0.120 e. The number of hydrogen-bond donors (Lipinski definition) is 1. The monoisotopic (exact) mass is 301 g/mol. The van der Waals surface area contributed by atoms with Crippen LogP contribution in [0.2, 0.25) is 0 Å². The Balaban J connectivity index is 0. The van der Waals surface area contributed by atoms with Gasteiger partial charge in [0.2, 0.25) is 0 Å². The smallest absolute Gasteiger partial charge is 0.120 e. The Morgan fingerprint density at radius 1 is 0.952 bits per heavy atom. The molecule has 3 nitrogen and oxygen atoms in total. The first-order valence-electron chi connectivity index (χ1n) is 8.16. The maximum atomic E-state index is 10.5. The van der Waals surface area contributed by atoms with Crippen LogP contribution in [0, 0.1) is 16.7 Å². The molecule has 0 aromatic carbocycles. The molecule has 0 aliphatic carbocycles. The van der Waals surface area contributed by atoms with Crippen LogP contribution in [0.1, 0.15) is 68.7 Å². The van der Waals surface area contributed by atoms with Gasteiger partial charge in [-0.05, 0) is 11.3 Å². The maximum absolute atomic E-state index is 10.5. The Hall–Kier alpha value is -0.410. The number of ether oxygens (including phenoxy) is 1. The molecule has 0 unspecified atom stereocenters. The lowest BCUT2D eigenvalue weighted by molar-refractivity contribution is -0.110. The summed E-state index contributed by atoms with van der Waals surface area (Å²) < 4.78 is 5.75. The third kappa shape index (κ3) is 19.6. The van der Waals surface area contributed by atoms with Crippen LogP contribution < -0.4 is 5.32 Å². The zero-order valence-electron chi connectivity index (χ0n) is 15.9. The van der Waals surface area contributed by atoms with E-state index in [4.69, 9.17) is 4.74 Å². The van der Waals surface area contributed by atoms with Crippen molar-refractivity contribution in [3.63, 3.8) is 0 Å². The van der Waals surface area contributed by atoms with Crippen molar-refractivity contribution in [2.45, 2.75) is 74.8 Å². The van der Waals surface area contributed by atoms with Gasteiger partial charge >= 0.3 is 0 Å². The molecule has 0 saturated heterocycles. The second kappa shape index (κ2) is 11.2. The van der Waals surface area contributed by atoms with Gasteiger partial charge in [-0.1, -0.05) is 62.3 Å². The molecule has 0 spiro atoms. The molecule has 0 aliphatic heterocycles. The lowest BCUT2D eigenvalue weighted by atomic mass is 9.90. The van der Waals surface area contributed by atoms with Gasteiger partial charge in [-0.3, -0.25) is 0 Å². The molecule has 0 atom stereocenters. The first-order chi connectivity index (χ1) is 9.42. The number of rotatable bonds is 9. The van der Waals surface area contributed by atoms with Gasteiger partial charge < -0.3 is 14.8 Å². The Morgan fingerprint density at radius 2 is 1.38 bits per heavy atom. The normalized spacial score (nSPS) is 12.3. The summed E-state index contributed by atoms with van der Waals surface area (Å²) in [4.78, 5) is 10.5. The van der Waals surface area contributed by atoms with Crippen LogP contribution in [0.15, 0.2) is 0 Å². The minimum Gasteiger partial charge on any atom is -0.380 e. The summed E-state index contributed by atoms with van der Waals surface area (Å²) >= 11 is 0. The molecule has 0 aromatic heterocycles. The fourth-order valence-corrected chi connectivity index (χ4v) is 1.42. The summed E-state index contributed by atoms with van der Waals surface area (Å²) in [6.45, 7) is 21.6. The Bertz CT molecular complexity index is 255. The molecule has 0 saturated carbocycles. The summed E-state index contributed by atoms with van der Waals surface area (Å²) in [6.07, 6.45) is 1.52. The first kappa shape index (κ1) is 22.9. The Labute approximate surface area is 133 Å². The zero-order valence-corrected chi connectivity index (χ0v) is 15.9. The molecule has 21 heavy (non-hydrogen) atoms. The molecular weight excluding hydrogens is 262 g/mol. The van der Waals surface area contributed by atoms with Gasteiger partial charge in [0.05, 0.1) is 13.2 Å². The third-order valence-electron chi connectivity index (χ3n) is 2.61. The molecule has 3 heteroatoms. The first-order valence-corrected chi connectivity index (χ1v) is 8.16. The van der Waals surface area contributed by atoms with Gasteiger partial charge in [0.25, 0.3) is 0 Å². The van der Waals surface area contributed by atoms with Crippen LogP contribution in [0.5, 0.6) is 0 Å². The number of carbonyl (C=O) groups excluding carboxylic acids is 1. The van der Waals surface area contributed by atoms with Crippen LogP contribution in [-0.2, 0) is 9.53 Å². The van der Waals surface area contributed by atoms with Crippen molar-refractivity contribution >= 4 is 6.29 Å². The van der Waals surface area contributed by atoms with Crippen molar-refractivity contribution in [3.05, 3.63) is 0 Å². The van der Waals surface area contributed by atoms with Gasteiger partial charge in [0, 0.05) is 24.4 Å². The third-order valence-corrected chi connectivity index (χ3v) is 2.61. The van der Waals surface area contributed by atoms with Crippen LogP contribution in [-0.4, -0.2) is 32.1 Å². The topological polar surface area (TPSA) is 38.3 Å². The van der Waals surface area contributed by atoms with E-state index < -0.39 is 0 Å². The molecule has 0 rings (SSSR count). The molecule has 128 valence electrons. The highest BCUT2D eigenvalue weighted by molar-refractivity contribution is 5.50. The minimum absolute atomic E-state index is 0.0523. The molecule has 0 aliphatic rings. The van der Waals surface area contributed by atoms with Gasteiger partial charge in [-0.25, -0.2) is 0 Å². The predicted molar refractivity (Wildman–Crippen MR) is 92.7 cm³/mol. The van der Waals surface area contributed by atoms with E-state index in [0.29, 0.717) is 19.1 Å². The van der Waals surface area contributed by atoms with E-state index in [1.807, 2.05) is 0 Å². The van der Waals surface area contributed by atoms with Crippen molar-refractivity contribution < 1.29 is 9.53 Å². The van der Waals surface area contributed by atoms with Gasteiger partial charge in [0.15, 0.2) is 0 Å². The van der Waals surface area contributed by atoms with Crippen molar-refractivity contribution in [3.8, 4) is 0 Å². The Kier molecular flexibility index (Phi) is 12.2. The summed E-state index contributed by atoms with van der Waals surface area (Å²) in [5.41, 5.74) is 0.0742. The number of aldehydes is 1. The van der Waals surface area contributed by atoms with Crippen molar-refractivity contribution in [1.82, 2.24) is 5.32 Å². The van der Waals surface area contributed by atoms with Crippen LogP contribution in [0.3, 0.4) is 0 Å². The molecule has 0 fully saturated rings. The van der Waals surface area contributed by atoms with Gasteiger partial charge in [-0.15, -0.1) is 0 Å². The second-order valence-corrected chi connectivity index (χ2v) is 8.46. The molecule has 0 bridgehead atoms. The van der Waals surface area contributed by atoms with Crippen LogP contribution >= 0.6 is 0 Å². The molecular formula is C18H39NO2. The van der Waals surface area contributed by atoms with Crippen molar-refractivity contribution in [2.75, 3.05) is 19.8 Å². The largest absolute Gasteiger partial charge is 0.380 e. The van der Waals surface area contributed by atoms with Crippen molar-refractivity contribution in [1.29, 1.82) is 0 Å². The quantitative estimate of drug-likeness (QED) is 0.645. The minimum atomic E-state index is -0.0523. The van der Waals surface area contributed by atoms with E-state index in [-0.39, 0.29) is 10.8 Å². The number of carbonyl (C=O) groups is 1. The molecule has 0 radical (unpaired) electrons. The molecule has 0 heterocycles. The predicted octanol–water partition coefficient (Wildman–Crippen LogP) is 4.30. The zero-order chi connectivity index (χ0) is 17.1. The summed E-state index contributed by atoms with van der Waals surface area (Å²) in [5, 5.41) is 3.42. The van der Waals surface area contributed by atoms with Gasteiger partial charge in [0.1, 0.15) is 6.29 Å². The highest BCUT2D eigenvalue weighted by Gasteiger charge is 2.22. The average molecular weight is 302 g/mol. The number of nitrogens with one attached hydrogen (secondary N) is 1. The standard InChI is InChI=1S/C14H29NO2.C4H10/c1-12(2)15-9-14(5,6)11-17-10-13(3,4)7-8-16;1-4(2)3/h8,12,15H,7,9-11H2,1-6H3;4H,1-3H3. The van der Waals surface area contributed by atoms with E-state index >= 15 is 0 Å². The van der Waals surface area contributed by atoms with Crippen molar-refractivity contribution in [2.24, 2.45) is 16.7 Å².